The van der Waals surface area contributed by atoms with Gasteiger partial charge >= 0.3 is 0 Å². The molecule has 2 aliphatic rings. The van der Waals surface area contributed by atoms with Crippen molar-refractivity contribution in [3.63, 3.8) is 0 Å². The van der Waals surface area contributed by atoms with E-state index in [4.69, 9.17) is 9.15 Å². The Morgan fingerprint density at radius 2 is 2.04 bits per heavy atom. The first-order valence-corrected chi connectivity index (χ1v) is 9.88. The molecule has 2 amide bonds. The van der Waals surface area contributed by atoms with Crippen molar-refractivity contribution in [2.45, 2.75) is 58.1 Å². The van der Waals surface area contributed by atoms with Gasteiger partial charge in [0.05, 0.1) is 25.5 Å². The summed E-state index contributed by atoms with van der Waals surface area (Å²) >= 11 is 0. The van der Waals surface area contributed by atoms with Gasteiger partial charge < -0.3 is 19.0 Å². The van der Waals surface area contributed by atoms with Crippen LogP contribution < -0.4 is 0 Å². The number of carbonyl (C=O) groups is 2. The number of nitrogens with zero attached hydrogens (tertiary/aromatic N) is 2. The second-order valence-corrected chi connectivity index (χ2v) is 7.38. The smallest absolute Gasteiger partial charge is 0.242 e. The number of amides is 2. The first-order chi connectivity index (χ1) is 12.7. The second kappa shape index (κ2) is 9.21. The van der Waals surface area contributed by atoms with Crippen LogP contribution in [0.5, 0.6) is 0 Å². The van der Waals surface area contributed by atoms with E-state index >= 15 is 0 Å². The number of hydrogen-bond donors (Lipinski definition) is 0. The van der Waals surface area contributed by atoms with Gasteiger partial charge in [-0.05, 0) is 44.2 Å². The van der Waals surface area contributed by atoms with Crippen LogP contribution >= 0.6 is 0 Å². The zero-order chi connectivity index (χ0) is 18.4. The van der Waals surface area contributed by atoms with Crippen molar-refractivity contribution in [1.29, 1.82) is 0 Å². The highest BCUT2D eigenvalue weighted by molar-refractivity contribution is 5.86. The summed E-state index contributed by atoms with van der Waals surface area (Å²) in [5.41, 5.74) is 0. The molecule has 2 heterocycles. The van der Waals surface area contributed by atoms with Crippen molar-refractivity contribution in [1.82, 2.24) is 9.80 Å². The lowest BCUT2D eigenvalue weighted by Crippen LogP contribution is -2.47. The second-order valence-electron chi connectivity index (χ2n) is 7.38. The van der Waals surface area contributed by atoms with Gasteiger partial charge in [-0.2, -0.15) is 0 Å². The summed E-state index contributed by atoms with van der Waals surface area (Å²) in [5, 5.41) is 0. The zero-order valence-corrected chi connectivity index (χ0v) is 15.7. The maximum absolute atomic E-state index is 13.0. The zero-order valence-electron chi connectivity index (χ0n) is 15.7. The van der Waals surface area contributed by atoms with E-state index in [2.05, 4.69) is 0 Å². The summed E-state index contributed by atoms with van der Waals surface area (Å²) in [6, 6.07) is 3.70. The highest BCUT2D eigenvalue weighted by Crippen LogP contribution is 2.28. The number of ether oxygens (including phenoxy) is 1. The molecule has 1 aromatic rings. The molecule has 0 radical (unpaired) electrons. The third-order valence-electron chi connectivity index (χ3n) is 5.31. The predicted octanol–water partition coefficient (Wildman–Crippen LogP) is 2.83. The Balaban J connectivity index is 1.64. The van der Waals surface area contributed by atoms with E-state index < -0.39 is 0 Å². The van der Waals surface area contributed by atoms with Crippen molar-refractivity contribution in [2.75, 3.05) is 26.2 Å². The molecule has 0 spiro atoms. The topological polar surface area (TPSA) is 63.0 Å². The highest BCUT2D eigenvalue weighted by Gasteiger charge is 2.31. The first kappa shape index (κ1) is 19.0. The van der Waals surface area contributed by atoms with E-state index in [1.807, 2.05) is 19.1 Å². The molecule has 1 unspecified atom stereocenters. The average molecular weight is 362 g/mol. The van der Waals surface area contributed by atoms with Crippen LogP contribution in [0.3, 0.4) is 0 Å². The van der Waals surface area contributed by atoms with E-state index in [-0.39, 0.29) is 30.4 Å². The van der Waals surface area contributed by atoms with Gasteiger partial charge in [0.1, 0.15) is 5.76 Å². The third-order valence-corrected chi connectivity index (χ3v) is 5.31. The number of rotatable bonds is 9. The van der Waals surface area contributed by atoms with Crippen LogP contribution in [0.4, 0.5) is 0 Å². The molecule has 6 heteroatoms. The van der Waals surface area contributed by atoms with Crippen LogP contribution in [0.2, 0.25) is 0 Å². The molecule has 2 fully saturated rings. The van der Waals surface area contributed by atoms with Gasteiger partial charge in [0, 0.05) is 25.6 Å². The Morgan fingerprint density at radius 1 is 1.19 bits per heavy atom. The average Bonchev–Trinajstić information content (AvgIpc) is 3.26. The Labute approximate surface area is 155 Å². The molecule has 1 saturated heterocycles. The lowest BCUT2D eigenvalue weighted by molar-refractivity contribution is -0.145. The number of hydrogen-bond acceptors (Lipinski definition) is 4. The van der Waals surface area contributed by atoms with Gasteiger partial charge in [0.25, 0.3) is 0 Å². The molecule has 1 atom stereocenters. The molecule has 3 rings (SSSR count). The van der Waals surface area contributed by atoms with Crippen LogP contribution in [0.15, 0.2) is 22.8 Å². The van der Waals surface area contributed by atoms with Gasteiger partial charge in [-0.1, -0.05) is 13.3 Å². The highest BCUT2D eigenvalue weighted by atomic mass is 16.5. The minimum Gasteiger partial charge on any atom is -0.467 e. The van der Waals surface area contributed by atoms with Crippen LogP contribution in [-0.2, 0) is 20.9 Å². The van der Waals surface area contributed by atoms with Crippen molar-refractivity contribution in [2.24, 2.45) is 5.92 Å². The molecule has 0 bridgehead atoms. The van der Waals surface area contributed by atoms with Crippen LogP contribution in [0, 0.1) is 5.92 Å². The SMILES string of the molecule is CCCN(CC(=O)N(Cc1ccco1)CC1CCCO1)C(=O)C1CCC1. The molecule has 1 aliphatic carbocycles. The summed E-state index contributed by atoms with van der Waals surface area (Å²) in [4.78, 5) is 29.2. The van der Waals surface area contributed by atoms with Crippen molar-refractivity contribution < 1.29 is 18.7 Å². The minimum absolute atomic E-state index is 0.0296. The van der Waals surface area contributed by atoms with E-state index in [0.717, 1.165) is 50.9 Å². The molecule has 0 N–H and O–H groups in total. The van der Waals surface area contributed by atoms with Crippen LogP contribution in [0.25, 0.3) is 0 Å². The van der Waals surface area contributed by atoms with Gasteiger partial charge in [0.15, 0.2) is 0 Å². The fourth-order valence-electron chi connectivity index (χ4n) is 3.59. The predicted molar refractivity (Wildman–Crippen MR) is 97.3 cm³/mol. The van der Waals surface area contributed by atoms with Crippen LogP contribution in [-0.4, -0.2) is 54.0 Å². The third kappa shape index (κ3) is 4.87. The van der Waals surface area contributed by atoms with E-state index in [0.29, 0.717) is 19.6 Å². The lowest BCUT2D eigenvalue weighted by atomic mass is 9.84. The van der Waals surface area contributed by atoms with E-state index in [1.165, 1.54) is 0 Å². The Kier molecular flexibility index (Phi) is 6.72. The fourth-order valence-corrected chi connectivity index (χ4v) is 3.59. The van der Waals surface area contributed by atoms with E-state index in [9.17, 15) is 9.59 Å². The van der Waals surface area contributed by atoms with Gasteiger partial charge in [-0.25, -0.2) is 0 Å². The van der Waals surface area contributed by atoms with Crippen LogP contribution in [0.1, 0.15) is 51.2 Å². The molecule has 144 valence electrons. The normalized spacial score (nSPS) is 20.0. The molecule has 1 aliphatic heterocycles. The summed E-state index contributed by atoms with van der Waals surface area (Å²) in [6.45, 7) is 4.56. The quantitative estimate of drug-likeness (QED) is 0.678. The summed E-state index contributed by atoms with van der Waals surface area (Å²) in [5.74, 6) is 0.981. The maximum atomic E-state index is 13.0. The standard InChI is InChI=1S/C20H30N2O4/c1-2-10-21(20(24)16-6-3-7-16)15-19(23)22(13-17-8-4-11-25-17)14-18-9-5-12-26-18/h4,8,11,16,18H,2-3,5-7,9-10,12-15H2,1H3. The fraction of sp³-hybridized carbons (Fsp3) is 0.700. The molecule has 0 aromatic carbocycles. The molecular formula is C20H30N2O4. The van der Waals surface area contributed by atoms with Crippen molar-refractivity contribution >= 4 is 11.8 Å². The van der Waals surface area contributed by atoms with E-state index in [1.54, 1.807) is 16.1 Å². The van der Waals surface area contributed by atoms with Crippen molar-refractivity contribution in [3.8, 4) is 0 Å². The molecule has 1 saturated carbocycles. The minimum atomic E-state index is -0.0296. The van der Waals surface area contributed by atoms with Crippen molar-refractivity contribution in [3.05, 3.63) is 24.2 Å². The maximum Gasteiger partial charge on any atom is 0.242 e. The summed E-state index contributed by atoms with van der Waals surface area (Å²) in [7, 11) is 0. The number of carbonyl (C=O) groups excluding carboxylic acids is 2. The summed E-state index contributed by atoms with van der Waals surface area (Å²) in [6.07, 6.45) is 7.60. The molecular weight excluding hydrogens is 332 g/mol. The first-order valence-electron chi connectivity index (χ1n) is 9.88. The Morgan fingerprint density at radius 3 is 2.62 bits per heavy atom. The van der Waals surface area contributed by atoms with Gasteiger partial charge in [-0.3, -0.25) is 9.59 Å². The Bertz CT molecular complexity index is 577. The molecule has 26 heavy (non-hydrogen) atoms. The largest absolute Gasteiger partial charge is 0.467 e. The Hall–Kier alpha value is -1.82. The summed E-state index contributed by atoms with van der Waals surface area (Å²) < 4.78 is 11.1. The molecule has 1 aromatic heterocycles. The van der Waals surface area contributed by atoms with Gasteiger partial charge in [0.2, 0.25) is 11.8 Å². The molecule has 6 nitrogen and oxygen atoms in total. The van der Waals surface area contributed by atoms with Gasteiger partial charge in [-0.15, -0.1) is 0 Å². The lowest BCUT2D eigenvalue weighted by Gasteiger charge is -2.33. The number of furan rings is 1. The monoisotopic (exact) mass is 362 g/mol.